The van der Waals surface area contributed by atoms with E-state index in [0.717, 1.165) is 32.1 Å². The fraction of sp³-hybridized carbons (Fsp3) is 0.611. The standard InChI is InChI=1S/C18H30N4/c1-4-21(5-2)17-8-6-16(7-9-17)14-20-18(19)22-12-10-15(3)11-13-22/h6-9,15H,4-5,10-14H2,1-3H3,(H2,19,20). The molecule has 122 valence electrons. The Labute approximate surface area is 135 Å². The second kappa shape index (κ2) is 8.06. The third-order valence-electron chi connectivity index (χ3n) is 4.60. The van der Waals surface area contributed by atoms with Crippen LogP contribution in [0.25, 0.3) is 0 Å². The number of nitrogens with zero attached hydrogens (tertiary/aromatic N) is 3. The second-order valence-corrected chi connectivity index (χ2v) is 6.18. The van der Waals surface area contributed by atoms with E-state index in [9.17, 15) is 0 Å². The fourth-order valence-corrected chi connectivity index (χ4v) is 2.91. The van der Waals surface area contributed by atoms with Gasteiger partial charge >= 0.3 is 0 Å². The highest BCUT2D eigenvalue weighted by Crippen LogP contribution is 2.17. The van der Waals surface area contributed by atoms with Crippen LogP contribution in [-0.2, 0) is 6.54 Å². The summed E-state index contributed by atoms with van der Waals surface area (Å²) in [5.74, 6) is 1.51. The Bertz CT molecular complexity index is 468. The lowest BCUT2D eigenvalue weighted by atomic mass is 10.00. The number of aliphatic imine (C=N–C) groups is 1. The number of likely N-dealkylation sites (tertiary alicyclic amines) is 1. The Morgan fingerprint density at radius 2 is 1.77 bits per heavy atom. The normalized spacial score (nSPS) is 16.9. The van der Waals surface area contributed by atoms with Crippen molar-refractivity contribution in [1.29, 1.82) is 0 Å². The first-order valence-electron chi connectivity index (χ1n) is 8.52. The molecule has 0 aliphatic carbocycles. The van der Waals surface area contributed by atoms with Crippen molar-refractivity contribution in [2.45, 2.75) is 40.2 Å². The van der Waals surface area contributed by atoms with Crippen LogP contribution >= 0.6 is 0 Å². The van der Waals surface area contributed by atoms with Crippen molar-refractivity contribution in [3.63, 3.8) is 0 Å². The summed E-state index contributed by atoms with van der Waals surface area (Å²) in [5.41, 5.74) is 8.62. The molecule has 1 aliphatic rings. The first kappa shape index (κ1) is 16.7. The quantitative estimate of drug-likeness (QED) is 0.671. The van der Waals surface area contributed by atoms with Crippen molar-refractivity contribution in [3.05, 3.63) is 29.8 Å². The average Bonchev–Trinajstić information content (AvgIpc) is 2.55. The molecule has 0 amide bonds. The molecule has 2 N–H and O–H groups in total. The Morgan fingerprint density at radius 1 is 1.18 bits per heavy atom. The fourth-order valence-electron chi connectivity index (χ4n) is 2.91. The molecule has 1 aromatic rings. The van der Waals surface area contributed by atoms with E-state index in [4.69, 9.17) is 5.73 Å². The van der Waals surface area contributed by atoms with E-state index < -0.39 is 0 Å². The van der Waals surface area contributed by atoms with Crippen LogP contribution in [0.4, 0.5) is 5.69 Å². The molecule has 0 bridgehead atoms. The summed E-state index contributed by atoms with van der Waals surface area (Å²) in [6.07, 6.45) is 2.43. The molecule has 4 nitrogen and oxygen atoms in total. The minimum absolute atomic E-state index is 0.663. The van der Waals surface area contributed by atoms with E-state index in [1.807, 2.05) is 0 Å². The van der Waals surface area contributed by atoms with Crippen molar-refractivity contribution in [2.24, 2.45) is 16.6 Å². The number of rotatable bonds is 5. The van der Waals surface area contributed by atoms with E-state index in [-0.39, 0.29) is 0 Å². The number of benzene rings is 1. The molecule has 1 heterocycles. The van der Waals surface area contributed by atoms with Crippen LogP contribution in [0.2, 0.25) is 0 Å². The highest BCUT2D eigenvalue weighted by Gasteiger charge is 2.16. The predicted molar refractivity (Wildman–Crippen MR) is 95.3 cm³/mol. The van der Waals surface area contributed by atoms with Crippen molar-refractivity contribution < 1.29 is 0 Å². The SMILES string of the molecule is CCN(CC)c1ccc(CN=C(N)N2CCC(C)CC2)cc1. The zero-order valence-corrected chi connectivity index (χ0v) is 14.3. The molecule has 0 radical (unpaired) electrons. The molecule has 1 aromatic carbocycles. The lowest BCUT2D eigenvalue weighted by molar-refractivity contribution is 0.277. The van der Waals surface area contributed by atoms with Gasteiger partial charge in [-0.05, 0) is 50.3 Å². The topological polar surface area (TPSA) is 44.9 Å². The van der Waals surface area contributed by atoms with Crippen LogP contribution < -0.4 is 10.6 Å². The minimum Gasteiger partial charge on any atom is -0.372 e. The van der Waals surface area contributed by atoms with Gasteiger partial charge in [0, 0.05) is 31.9 Å². The summed E-state index contributed by atoms with van der Waals surface area (Å²) in [4.78, 5) is 9.12. The number of nitrogens with two attached hydrogens (primary N) is 1. The molecule has 4 heteroatoms. The van der Waals surface area contributed by atoms with Crippen LogP contribution in [0.15, 0.2) is 29.3 Å². The van der Waals surface area contributed by atoms with E-state index >= 15 is 0 Å². The largest absolute Gasteiger partial charge is 0.372 e. The number of guanidine groups is 1. The van der Waals surface area contributed by atoms with Crippen LogP contribution in [0.3, 0.4) is 0 Å². The van der Waals surface area contributed by atoms with Gasteiger partial charge < -0.3 is 15.5 Å². The highest BCUT2D eigenvalue weighted by atomic mass is 15.3. The van der Waals surface area contributed by atoms with Gasteiger partial charge in [0.15, 0.2) is 5.96 Å². The lowest BCUT2D eigenvalue weighted by Gasteiger charge is -2.31. The van der Waals surface area contributed by atoms with E-state index in [2.05, 4.69) is 59.8 Å². The van der Waals surface area contributed by atoms with E-state index in [1.54, 1.807) is 0 Å². The van der Waals surface area contributed by atoms with Crippen molar-refractivity contribution in [2.75, 3.05) is 31.1 Å². The zero-order chi connectivity index (χ0) is 15.9. The zero-order valence-electron chi connectivity index (χ0n) is 14.3. The van der Waals surface area contributed by atoms with E-state index in [1.165, 1.54) is 24.1 Å². The minimum atomic E-state index is 0.663. The second-order valence-electron chi connectivity index (χ2n) is 6.18. The summed E-state index contributed by atoms with van der Waals surface area (Å²) in [7, 11) is 0. The first-order chi connectivity index (χ1) is 10.6. The Kier molecular flexibility index (Phi) is 6.10. The van der Waals surface area contributed by atoms with Gasteiger partial charge in [-0.25, -0.2) is 4.99 Å². The van der Waals surface area contributed by atoms with Crippen molar-refractivity contribution in [3.8, 4) is 0 Å². The number of hydrogen-bond donors (Lipinski definition) is 1. The number of anilines is 1. The van der Waals surface area contributed by atoms with E-state index in [0.29, 0.717) is 12.5 Å². The third-order valence-corrected chi connectivity index (χ3v) is 4.60. The molecular weight excluding hydrogens is 272 g/mol. The molecule has 0 unspecified atom stereocenters. The highest BCUT2D eigenvalue weighted by molar-refractivity contribution is 5.78. The first-order valence-corrected chi connectivity index (χ1v) is 8.52. The molecule has 0 aromatic heterocycles. The number of piperidine rings is 1. The maximum Gasteiger partial charge on any atom is 0.191 e. The summed E-state index contributed by atoms with van der Waals surface area (Å²) < 4.78 is 0. The maximum atomic E-state index is 6.13. The van der Waals surface area contributed by atoms with Crippen molar-refractivity contribution in [1.82, 2.24) is 4.90 Å². The molecule has 1 fully saturated rings. The van der Waals surface area contributed by atoms with Crippen LogP contribution in [-0.4, -0.2) is 37.0 Å². The molecule has 0 atom stereocenters. The molecule has 1 saturated heterocycles. The van der Waals surface area contributed by atoms with Gasteiger partial charge in [0.05, 0.1) is 6.54 Å². The molecule has 2 rings (SSSR count). The lowest BCUT2D eigenvalue weighted by Crippen LogP contribution is -2.42. The van der Waals surface area contributed by atoms with Crippen molar-refractivity contribution >= 4 is 11.6 Å². The molecule has 0 spiro atoms. The molecule has 1 aliphatic heterocycles. The molecule has 0 saturated carbocycles. The number of hydrogen-bond acceptors (Lipinski definition) is 2. The van der Waals surface area contributed by atoms with Gasteiger partial charge in [-0.1, -0.05) is 19.1 Å². The maximum absolute atomic E-state index is 6.13. The summed E-state index contributed by atoms with van der Waals surface area (Å²) in [6, 6.07) is 8.67. The summed E-state index contributed by atoms with van der Waals surface area (Å²) in [6.45, 7) is 11.5. The summed E-state index contributed by atoms with van der Waals surface area (Å²) in [5, 5.41) is 0. The Balaban J connectivity index is 1.91. The molecule has 22 heavy (non-hydrogen) atoms. The predicted octanol–water partition coefficient (Wildman–Crippen LogP) is 3.08. The Hall–Kier alpha value is -1.71. The van der Waals surface area contributed by atoms with Crippen LogP contribution in [0.5, 0.6) is 0 Å². The monoisotopic (exact) mass is 302 g/mol. The van der Waals surface area contributed by atoms with Gasteiger partial charge in [-0.3, -0.25) is 0 Å². The van der Waals surface area contributed by atoms with Gasteiger partial charge in [0.2, 0.25) is 0 Å². The van der Waals surface area contributed by atoms with Gasteiger partial charge in [-0.2, -0.15) is 0 Å². The van der Waals surface area contributed by atoms with Gasteiger partial charge in [0.1, 0.15) is 0 Å². The third kappa shape index (κ3) is 4.39. The smallest absolute Gasteiger partial charge is 0.191 e. The van der Waals surface area contributed by atoms with Gasteiger partial charge in [0.25, 0.3) is 0 Å². The summed E-state index contributed by atoms with van der Waals surface area (Å²) >= 11 is 0. The average molecular weight is 302 g/mol. The molecular formula is C18H30N4. The Morgan fingerprint density at radius 3 is 2.32 bits per heavy atom. The van der Waals surface area contributed by atoms with Gasteiger partial charge in [-0.15, -0.1) is 0 Å². The van der Waals surface area contributed by atoms with Crippen LogP contribution in [0.1, 0.15) is 39.2 Å². The van der Waals surface area contributed by atoms with Crippen LogP contribution in [0, 0.1) is 5.92 Å².